The predicted molar refractivity (Wildman–Crippen MR) is 63.5 cm³/mol. The van der Waals surface area contributed by atoms with Gasteiger partial charge in [0.2, 0.25) is 5.91 Å². The largest absolute Gasteiger partial charge is 0.478 e. The van der Waals surface area contributed by atoms with E-state index >= 15 is 0 Å². The molecule has 0 radical (unpaired) electrons. The second-order valence-corrected chi connectivity index (χ2v) is 4.34. The number of benzene rings is 1. The molecule has 1 aromatic carbocycles. The van der Waals surface area contributed by atoms with Crippen LogP contribution in [-0.4, -0.2) is 22.5 Å². The topological polar surface area (TPSA) is 92.4 Å². The molecule has 1 rings (SSSR count). The Morgan fingerprint density at radius 3 is 2.24 bits per heavy atom. The van der Waals surface area contributed by atoms with Crippen molar-refractivity contribution in [2.75, 3.05) is 0 Å². The normalized spacial score (nSPS) is 11.2. The molecule has 0 bridgehead atoms. The number of aromatic carboxylic acids is 1. The third-order valence-electron chi connectivity index (χ3n) is 2.55. The Labute approximate surface area is 99.6 Å². The molecule has 4 N–H and O–H groups in total. The highest BCUT2D eigenvalue weighted by molar-refractivity contribution is 5.87. The smallest absolute Gasteiger partial charge is 0.335 e. The molecule has 92 valence electrons. The van der Waals surface area contributed by atoms with Crippen LogP contribution in [0, 0.1) is 0 Å². The van der Waals surface area contributed by atoms with Crippen molar-refractivity contribution in [2.24, 2.45) is 5.73 Å². The van der Waals surface area contributed by atoms with E-state index in [-0.39, 0.29) is 5.56 Å². The second kappa shape index (κ2) is 4.97. The van der Waals surface area contributed by atoms with Gasteiger partial charge >= 0.3 is 5.97 Å². The van der Waals surface area contributed by atoms with E-state index in [2.05, 4.69) is 5.32 Å². The highest BCUT2D eigenvalue weighted by Crippen LogP contribution is 2.07. The number of nitrogens with one attached hydrogen (secondary N) is 1. The molecule has 0 heterocycles. The van der Waals surface area contributed by atoms with Crippen molar-refractivity contribution < 1.29 is 14.7 Å². The first kappa shape index (κ1) is 13.2. The molecule has 0 spiro atoms. The van der Waals surface area contributed by atoms with Gasteiger partial charge in [0.1, 0.15) is 0 Å². The number of carbonyl (C=O) groups excluding carboxylic acids is 1. The van der Waals surface area contributed by atoms with Gasteiger partial charge in [-0.3, -0.25) is 10.1 Å². The summed E-state index contributed by atoms with van der Waals surface area (Å²) in [6, 6.07) is 6.45. The van der Waals surface area contributed by atoms with Crippen LogP contribution in [0.5, 0.6) is 0 Å². The molecule has 1 aromatic rings. The number of amides is 1. The Hall–Kier alpha value is -1.88. The fraction of sp³-hybridized carbons (Fsp3) is 0.333. The van der Waals surface area contributed by atoms with E-state index in [9.17, 15) is 9.59 Å². The first-order valence-corrected chi connectivity index (χ1v) is 5.20. The highest BCUT2D eigenvalue weighted by Gasteiger charge is 2.23. The Balaban J connectivity index is 2.65. The zero-order valence-electron chi connectivity index (χ0n) is 9.86. The number of hydrogen-bond acceptors (Lipinski definition) is 3. The summed E-state index contributed by atoms with van der Waals surface area (Å²) < 4.78 is 0. The fourth-order valence-corrected chi connectivity index (χ4v) is 1.18. The molecule has 5 nitrogen and oxygen atoms in total. The summed E-state index contributed by atoms with van der Waals surface area (Å²) in [5.74, 6) is -1.39. The molecule has 1 amide bonds. The number of primary amides is 1. The van der Waals surface area contributed by atoms with Gasteiger partial charge in [-0.05, 0) is 31.5 Å². The van der Waals surface area contributed by atoms with Crippen molar-refractivity contribution in [1.82, 2.24) is 5.32 Å². The van der Waals surface area contributed by atoms with Gasteiger partial charge in [0.05, 0.1) is 11.1 Å². The van der Waals surface area contributed by atoms with Crippen LogP contribution in [0.4, 0.5) is 0 Å². The van der Waals surface area contributed by atoms with E-state index in [0.717, 1.165) is 5.56 Å². The molecule has 0 unspecified atom stereocenters. The Kier molecular flexibility index (Phi) is 3.85. The molecule has 17 heavy (non-hydrogen) atoms. The average Bonchev–Trinajstić information content (AvgIpc) is 2.27. The van der Waals surface area contributed by atoms with Crippen LogP contribution in [0.15, 0.2) is 24.3 Å². The minimum absolute atomic E-state index is 0.239. The lowest BCUT2D eigenvalue weighted by Crippen LogP contribution is -2.50. The summed E-state index contributed by atoms with van der Waals surface area (Å²) >= 11 is 0. The van der Waals surface area contributed by atoms with Crippen molar-refractivity contribution in [3.63, 3.8) is 0 Å². The zero-order valence-corrected chi connectivity index (χ0v) is 9.86. The molecular formula is C12H16N2O3. The van der Waals surface area contributed by atoms with Gasteiger partial charge in [0.25, 0.3) is 0 Å². The minimum Gasteiger partial charge on any atom is -0.478 e. The zero-order chi connectivity index (χ0) is 13.1. The van der Waals surface area contributed by atoms with Crippen LogP contribution in [0.1, 0.15) is 29.8 Å². The SMILES string of the molecule is CC(C)(NCc1ccc(C(=O)O)cc1)C(N)=O. The van der Waals surface area contributed by atoms with Crippen LogP contribution in [-0.2, 0) is 11.3 Å². The van der Waals surface area contributed by atoms with Gasteiger partial charge < -0.3 is 10.8 Å². The van der Waals surface area contributed by atoms with E-state index in [1.165, 1.54) is 12.1 Å². The molecule has 0 saturated carbocycles. The lowest BCUT2D eigenvalue weighted by Gasteiger charge is -2.22. The van der Waals surface area contributed by atoms with Crippen molar-refractivity contribution >= 4 is 11.9 Å². The summed E-state index contributed by atoms with van der Waals surface area (Å²) in [5, 5.41) is 11.7. The quantitative estimate of drug-likeness (QED) is 0.703. The maximum atomic E-state index is 11.1. The third-order valence-corrected chi connectivity index (χ3v) is 2.55. The summed E-state index contributed by atoms with van der Waals surface area (Å²) in [7, 11) is 0. The summed E-state index contributed by atoms with van der Waals surface area (Å²) in [6.45, 7) is 3.84. The van der Waals surface area contributed by atoms with Crippen LogP contribution < -0.4 is 11.1 Å². The van der Waals surface area contributed by atoms with E-state index < -0.39 is 17.4 Å². The molecule has 0 fully saturated rings. The van der Waals surface area contributed by atoms with Gasteiger partial charge in [0.15, 0.2) is 0 Å². The maximum Gasteiger partial charge on any atom is 0.335 e. The predicted octanol–water partition coefficient (Wildman–Crippen LogP) is 0.738. The van der Waals surface area contributed by atoms with Gasteiger partial charge in [0, 0.05) is 6.54 Å². The van der Waals surface area contributed by atoms with Crippen LogP contribution in [0.2, 0.25) is 0 Å². The van der Waals surface area contributed by atoms with E-state index in [1.807, 2.05) is 0 Å². The molecule has 0 aliphatic rings. The minimum atomic E-state index is -0.957. The molecule has 0 aromatic heterocycles. The van der Waals surface area contributed by atoms with Crippen LogP contribution >= 0.6 is 0 Å². The van der Waals surface area contributed by atoms with Gasteiger partial charge in [-0.25, -0.2) is 4.79 Å². The lowest BCUT2D eigenvalue weighted by atomic mass is 10.0. The van der Waals surface area contributed by atoms with E-state index in [1.54, 1.807) is 26.0 Å². The third kappa shape index (κ3) is 3.57. The van der Waals surface area contributed by atoms with E-state index in [4.69, 9.17) is 10.8 Å². The van der Waals surface area contributed by atoms with Crippen LogP contribution in [0.3, 0.4) is 0 Å². The molecule has 0 aliphatic carbocycles. The monoisotopic (exact) mass is 236 g/mol. The second-order valence-electron chi connectivity index (χ2n) is 4.34. The van der Waals surface area contributed by atoms with E-state index in [0.29, 0.717) is 6.54 Å². The van der Waals surface area contributed by atoms with Gasteiger partial charge in [-0.15, -0.1) is 0 Å². The fourth-order valence-electron chi connectivity index (χ4n) is 1.18. The van der Waals surface area contributed by atoms with Crippen LogP contribution in [0.25, 0.3) is 0 Å². The van der Waals surface area contributed by atoms with Crippen molar-refractivity contribution in [2.45, 2.75) is 25.9 Å². The number of carboxylic acid groups (broad SMARTS) is 1. The van der Waals surface area contributed by atoms with Crippen molar-refractivity contribution in [3.8, 4) is 0 Å². The van der Waals surface area contributed by atoms with Gasteiger partial charge in [-0.1, -0.05) is 12.1 Å². The number of rotatable bonds is 5. The average molecular weight is 236 g/mol. The molecule has 5 heteroatoms. The Bertz CT molecular complexity index is 424. The Morgan fingerprint density at radius 1 is 1.29 bits per heavy atom. The summed E-state index contributed by atoms with van der Waals surface area (Å²) in [4.78, 5) is 21.7. The first-order valence-electron chi connectivity index (χ1n) is 5.20. The first-order chi connectivity index (χ1) is 7.83. The molecular weight excluding hydrogens is 220 g/mol. The molecule has 0 aliphatic heterocycles. The number of carbonyl (C=O) groups is 2. The number of nitrogens with two attached hydrogens (primary N) is 1. The van der Waals surface area contributed by atoms with Crippen molar-refractivity contribution in [3.05, 3.63) is 35.4 Å². The Morgan fingerprint density at radius 2 is 1.82 bits per heavy atom. The highest BCUT2D eigenvalue weighted by atomic mass is 16.4. The number of carboxylic acids is 1. The molecule has 0 atom stereocenters. The van der Waals surface area contributed by atoms with Crippen molar-refractivity contribution in [1.29, 1.82) is 0 Å². The summed E-state index contributed by atoms with van der Waals surface area (Å²) in [5.41, 5.74) is 5.56. The summed E-state index contributed by atoms with van der Waals surface area (Å²) in [6.07, 6.45) is 0. The maximum absolute atomic E-state index is 11.1. The van der Waals surface area contributed by atoms with Gasteiger partial charge in [-0.2, -0.15) is 0 Å². The molecule has 0 saturated heterocycles. The lowest BCUT2D eigenvalue weighted by molar-refractivity contribution is -0.123. The number of hydrogen-bond donors (Lipinski definition) is 3. The standard InChI is InChI=1S/C12H16N2O3/c1-12(2,11(13)17)14-7-8-3-5-9(6-4-8)10(15)16/h3-6,14H,7H2,1-2H3,(H2,13,17)(H,15,16).